The number of hydrogen-bond donors (Lipinski definition) is 1. The highest BCUT2D eigenvalue weighted by Crippen LogP contribution is 2.34. The number of ether oxygens (including phenoxy) is 3. The van der Waals surface area contributed by atoms with E-state index in [0.29, 0.717) is 48.4 Å². The average molecular weight is 491 g/mol. The normalized spacial score (nSPS) is 18.9. The summed E-state index contributed by atoms with van der Waals surface area (Å²) >= 11 is 0. The van der Waals surface area contributed by atoms with Crippen LogP contribution in [0.2, 0.25) is 0 Å². The van der Waals surface area contributed by atoms with E-state index in [2.05, 4.69) is 5.43 Å². The second kappa shape index (κ2) is 9.94. The third kappa shape index (κ3) is 4.49. The van der Waals surface area contributed by atoms with Crippen molar-refractivity contribution in [2.45, 2.75) is 38.9 Å². The van der Waals surface area contributed by atoms with Crippen LogP contribution in [0.25, 0.3) is 11.5 Å². The van der Waals surface area contributed by atoms with Gasteiger partial charge in [-0.1, -0.05) is 12.1 Å². The Labute approximate surface area is 210 Å². The Kier molecular flexibility index (Phi) is 6.56. The highest BCUT2D eigenvalue weighted by atomic mass is 16.5. The number of methoxy groups -OCH3 is 2. The standard InChI is InChI=1S/C27H30N4O5/c1-5-35-24-11-8-19(14-25(24)34-4)26-28-22(17(2)36-26)16-30-12-13-31-23(27(30)32)15-21(29-31)18-6-9-20(33-3)10-7-18/h6-14,21,23,29H,5,15-16H2,1-4H3. The van der Waals surface area contributed by atoms with Gasteiger partial charge in [-0.15, -0.1) is 0 Å². The van der Waals surface area contributed by atoms with Crippen LogP contribution in [0.5, 0.6) is 17.2 Å². The molecule has 36 heavy (non-hydrogen) atoms. The second-order valence-electron chi connectivity index (χ2n) is 8.70. The lowest BCUT2D eigenvalue weighted by Crippen LogP contribution is -2.47. The van der Waals surface area contributed by atoms with Crippen molar-refractivity contribution in [1.29, 1.82) is 0 Å². The quantitative estimate of drug-likeness (QED) is 0.503. The van der Waals surface area contributed by atoms with Gasteiger partial charge in [0.05, 0.1) is 33.4 Å². The fourth-order valence-electron chi connectivity index (χ4n) is 4.56. The number of aromatic nitrogens is 1. The molecule has 2 atom stereocenters. The molecule has 0 saturated carbocycles. The number of nitrogens with zero attached hydrogens (tertiary/aromatic N) is 3. The predicted molar refractivity (Wildman–Crippen MR) is 133 cm³/mol. The topological polar surface area (TPSA) is 89.3 Å². The first-order valence-corrected chi connectivity index (χ1v) is 12.0. The molecule has 9 nitrogen and oxygen atoms in total. The highest BCUT2D eigenvalue weighted by molar-refractivity contribution is 5.84. The summed E-state index contributed by atoms with van der Waals surface area (Å²) in [7, 11) is 3.25. The summed E-state index contributed by atoms with van der Waals surface area (Å²) in [5.41, 5.74) is 6.02. The molecule has 0 spiro atoms. The molecule has 188 valence electrons. The molecule has 0 bridgehead atoms. The molecule has 2 aliphatic rings. The zero-order chi connectivity index (χ0) is 25.2. The third-order valence-corrected chi connectivity index (χ3v) is 6.52. The number of nitrogens with one attached hydrogen (secondary N) is 1. The van der Waals surface area contributed by atoms with Gasteiger partial charge in [0.25, 0.3) is 5.91 Å². The number of aryl methyl sites for hydroxylation is 1. The summed E-state index contributed by atoms with van der Waals surface area (Å²) in [6.07, 6.45) is 4.36. The first-order chi connectivity index (χ1) is 17.5. The van der Waals surface area contributed by atoms with E-state index in [1.807, 2.05) is 67.5 Å². The number of hydrogen-bond acceptors (Lipinski definition) is 8. The monoisotopic (exact) mass is 490 g/mol. The summed E-state index contributed by atoms with van der Waals surface area (Å²) in [6.45, 7) is 4.66. The maximum Gasteiger partial charge on any atom is 0.251 e. The molecule has 5 rings (SSSR count). The van der Waals surface area contributed by atoms with Crippen LogP contribution in [0, 0.1) is 6.92 Å². The van der Waals surface area contributed by atoms with Crippen LogP contribution in [0.3, 0.4) is 0 Å². The van der Waals surface area contributed by atoms with Gasteiger partial charge in [0.2, 0.25) is 5.89 Å². The highest BCUT2D eigenvalue weighted by Gasteiger charge is 2.40. The first-order valence-electron chi connectivity index (χ1n) is 12.0. The van der Waals surface area contributed by atoms with Crippen molar-refractivity contribution < 1.29 is 23.4 Å². The lowest BCUT2D eigenvalue weighted by Gasteiger charge is -2.31. The van der Waals surface area contributed by atoms with Crippen molar-refractivity contribution in [2.24, 2.45) is 0 Å². The molecule has 1 aromatic heterocycles. The molecule has 2 aliphatic heterocycles. The number of benzene rings is 2. The van der Waals surface area contributed by atoms with Crippen LogP contribution >= 0.6 is 0 Å². The molecule has 1 amide bonds. The van der Waals surface area contributed by atoms with E-state index in [-0.39, 0.29) is 18.0 Å². The van der Waals surface area contributed by atoms with Crippen molar-refractivity contribution in [3.63, 3.8) is 0 Å². The van der Waals surface area contributed by atoms with E-state index in [1.165, 1.54) is 0 Å². The minimum absolute atomic E-state index is 0.0210. The third-order valence-electron chi connectivity index (χ3n) is 6.52. The van der Waals surface area contributed by atoms with Gasteiger partial charge in [-0.25, -0.2) is 10.4 Å². The zero-order valence-electron chi connectivity index (χ0n) is 20.9. The minimum Gasteiger partial charge on any atom is -0.497 e. The zero-order valence-corrected chi connectivity index (χ0v) is 20.9. The molecule has 3 aromatic rings. The molecule has 2 unspecified atom stereocenters. The number of amides is 1. The Balaban J connectivity index is 1.29. The number of fused-ring (bicyclic) bond motifs is 1. The van der Waals surface area contributed by atoms with E-state index in [9.17, 15) is 4.79 Å². The van der Waals surface area contributed by atoms with Crippen LogP contribution in [-0.4, -0.2) is 47.7 Å². The Bertz CT molecular complexity index is 1270. The summed E-state index contributed by atoms with van der Waals surface area (Å²) in [6, 6.07) is 13.2. The number of hydrazine groups is 1. The van der Waals surface area contributed by atoms with Gasteiger partial charge in [-0.05, 0) is 56.2 Å². The molecule has 3 heterocycles. The van der Waals surface area contributed by atoms with E-state index >= 15 is 0 Å². The van der Waals surface area contributed by atoms with Crippen molar-refractivity contribution >= 4 is 5.91 Å². The Morgan fingerprint density at radius 1 is 1.08 bits per heavy atom. The molecule has 9 heteroatoms. The average Bonchev–Trinajstić information content (AvgIpc) is 3.50. The van der Waals surface area contributed by atoms with E-state index in [1.54, 1.807) is 25.3 Å². The molecule has 1 N–H and O–H groups in total. The SMILES string of the molecule is CCOc1ccc(-c2nc(CN3C=CN4NC(c5ccc(OC)cc5)CC4C3=O)c(C)o2)cc1OC. The van der Waals surface area contributed by atoms with Gasteiger partial charge >= 0.3 is 0 Å². The molecule has 1 saturated heterocycles. The molecule has 1 fully saturated rings. The Morgan fingerprint density at radius 3 is 2.61 bits per heavy atom. The van der Waals surface area contributed by atoms with Gasteiger partial charge in [-0.3, -0.25) is 4.79 Å². The summed E-state index contributed by atoms with van der Waals surface area (Å²) < 4.78 is 22.3. The van der Waals surface area contributed by atoms with E-state index in [4.69, 9.17) is 23.6 Å². The second-order valence-corrected chi connectivity index (χ2v) is 8.70. The van der Waals surface area contributed by atoms with Crippen LogP contribution < -0.4 is 19.6 Å². The summed E-state index contributed by atoms with van der Waals surface area (Å²) in [5.74, 6) is 3.25. The van der Waals surface area contributed by atoms with Gasteiger partial charge in [-0.2, -0.15) is 0 Å². The summed E-state index contributed by atoms with van der Waals surface area (Å²) in [5, 5.41) is 1.89. The fourth-order valence-corrected chi connectivity index (χ4v) is 4.56. The molecule has 2 aromatic carbocycles. The maximum absolute atomic E-state index is 13.3. The largest absolute Gasteiger partial charge is 0.497 e. The van der Waals surface area contributed by atoms with Crippen molar-refractivity contribution in [1.82, 2.24) is 20.3 Å². The van der Waals surface area contributed by atoms with E-state index < -0.39 is 0 Å². The Hall–Kier alpha value is -3.98. The summed E-state index contributed by atoms with van der Waals surface area (Å²) in [4.78, 5) is 19.7. The van der Waals surface area contributed by atoms with Gasteiger partial charge in [0, 0.05) is 18.0 Å². The lowest BCUT2D eigenvalue weighted by molar-refractivity contribution is -0.135. The number of oxazole rings is 1. The smallest absolute Gasteiger partial charge is 0.251 e. The van der Waals surface area contributed by atoms with Gasteiger partial charge in [0.15, 0.2) is 11.5 Å². The number of rotatable bonds is 8. The van der Waals surface area contributed by atoms with Crippen LogP contribution in [0.1, 0.15) is 36.4 Å². The Morgan fingerprint density at radius 2 is 1.89 bits per heavy atom. The predicted octanol–water partition coefficient (Wildman–Crippen LogP) is 4.20. The van der Waals surface area contributed by atoms with Crippen LogP contribution in [0.15, 0.2) is 59.3 Å². The van der Waals surface area contributed by atoms with E-state index in [0.717, 1.165) is 16.9 Å². The molecule has 0 aliphatic carbocycles. The van der Waals surface area contributed by atoms with Crippen LogP contribution in [-0.2, 0) is 11.3 Å². The number of carbonyl (C=O) groups excluding carboxylic acids is 1. The first kappa shape index (κ1) is 23.7. The minimum atomic E-state index is -0.288. The fraction of sp³-hybridized carbons (Fsp3) is 0.333. The molecular weight excluding hydrogens is 460 g/mol. The van der Waals surface area contributed by atoms with Crippen LogP contribution in [0.4, 0.5) is 0 Å². The molecule has 0 radical (unpaired) electrons. The molecular formula is C27H30N4O5. The van der Waals surface area contributed by atoms with Crippen molar-refractivity contribution in [3.8, 4) is 28.7 Å². The van der Waals surface area contributed by atoms with Crippen molar-refractivity contribution in [3.05, 3.63) is 71.9 Å². The maximum atomic E-state index is 13.3. The van der Waals surface area contributed by atoms with Crippen molar-refractivity contribution in [2.75, 3.05) is 20.8 Å². The number of carbonyl (C=O) groups is 1. The van der Waals surface area contributed by atoms with Gasteiger partial charge in [0.1, 0.15) is 23.2 Å². The lowest BCUT2D eigenvalue weighted by atomic mass is 10.0. The van der Waals surface area contributed by atoms with Gasteiger partial charge < -0.3 is 28.5 Å².